The van der Waals surface area contributed by atoms with E-state index in [1.54, 1.807) is 0 Å². The zero-order valence-electron chi connectivity index (χ0n) is 58.8. The summed E-state index contributed by atoms with van der Waals surface area (Å²) in [5, 5.41) is 10.6. The summed E-state index contributed by atoms with van der Waals surface area (Å²) in [4.78, 5) is 72.6. The number of rotatable bonds is 68. The van der Waals surface area contributed by atoms with E-state index in [2.05, 4.69) is 55.4 Å². The Labute approximate surface area is 549 Å². The summed E-state index contributed by atoms with van der Waals surface area (Å²) in [7, 11) is -9.90. The first kappa shape index (κ1) is 88.1. The predicted molar refractivity (Wildman–Crippen MR) is 363 cm³/mol. The normalized spacial score (nSPS) is 14.9. The highest BCUT2D eigenvalue weighted by molar-refractivity contribution is 7.47. The number of aliphatic hydroxyl groups excluding tert-OH is 1. The van der Waals surface area contributed by atoms with Crippen LogP contribution in [-0.4, -0.2) is 96.7 Å². The number of hydrogen-bond donors (Lipinski definition) is 3. The van der Waals surface area contributed by atoms with Crippen molar-refractivity contribution in [2.24, 2.45) is 23.7 Å². The van der Waals surface area contributed by atoms with Crippen molar-refractivity contribution in [3.8, 4) is 0 Å². The second-order valence-corrected chi connectivity index (χ2v) is 30.0. The molecule has 0 saturated heterocycles. The fraction of sp³-hybridized carbons (Fsp3) is 0.944. The molecule has 4 unspecified atom stereocenters. The Morgan fingerprint density at radius 1 is 0.311 bits per heavy atom. The fourth-order valence-electron chi connectivity index (χ4n) is 10.6. The lowest BCUT2D eigenvalue weighted by Gasteiger charge is -2.21. The van der Waals surface area contributed by atoms with Gasteiger partial charge in [0, 0.05) is 25.7 Å². The predicted octanol–water partition coefficient (Wildman–Crippen LogP) is 20.1. The van der Waals surface area contributed by atoms with Crippen molar-refractivity contribution >= 4 is 39.5 Å². The van der Waals surface area contributed by atoms with E-state index in [-0.39, 0.29) is 25.7 Å². The molecule has 0 heterocycles. The summed E-state index contributed by atoms with van der Waals surface area (Å²) >= 11 is 0. The minimum Gasteiger partial charge on any atom is -0.462 e. The molecule has 17 nitrogen and oxygen atoms in total. The van der Waals surface area contributed by atoms with Crippen LogP contribution in [0.15, 0.2) is 0 Å². The van der Waals surface area contributed by atoms with Gasteiger partial charge in [-0.2, -0.15) is 0 Å². The SMILES string of the molecule is CCC(C)CCCCCCCCC(=O)OC[C@H](COP(=O)(O)OCC(O)COP(=O)(O)OC[C@@H](COC(=O)CCCCCCCCC(C)CC)OC(=O)CCCCCCCCCCCCCCC(C)C)OC(=O)CCCCCCCCCCCCCCC(C)C. The van der Waals surface area contributed by atoms with Gasteiger partial charge >= 0.3 is 39.5 Å². The van der Waals surface area contributed by atoms with E-state index in [0.29, 0.717) is 25.7 Å². The molecule has 0 aliphatic carbocycles. The fourth-order valence-corrected chi connectivity index (χ4v) is 12.2. The number of ether oxygens (including phenoxy) is 4. The number of carbonyl (C=O) groups excluding carboxylic acids is 4. The van der Waals surface area contributed by atoms with Gasteiger partial charge in [-0.25, -0.2) is 9.13 Å². The van der Waals surface area contributed by atoms with Gasteiger partial charge in [0.25, 0.3) is 0 Å². The Bertz CT molecular complexity index is 1660. The number of hydrogen-bond acceptors (Lipinski definition) is 15. The average Bonchev–Trinajstić information content (AvgIpc) is 3.68. The van der Waals surface area contributed by atoms with Crippen LogP contribution in [0.1, 0.15) is 351 Å². The standard InChI is InChI=1S/C71H138O17P2/c1-9-63(7)49-41-33-27-29-35-43-51-68(73)81-57-66(87-70(75)53-45-37-25-21-17-13-11-15-19-23-31-39-47-61(3)4)59-85-89(77,78)83-55-65(72)56-84-90(79,80)86-60-67(58-82-69(74)52-44-36-30-28-34-42-50-64(8)10-2)88-71(76)54-46-38-26-22-18-14-12-16-20-24-32-40-48-62(5)6/h61-67,72H,9-60H2,1-8H3,(H,77,78)(H,79,80)/t63?,64?,65?,66-,67-/m1/s1. The van der Waals surface area contributed by atoms with Gasteiger partial charge in [-0.15, -0.1) is 0 Å². The van der Waals surface area contributed by atoms with Gasteiger partial charge in [-0.1, -0.05) is 299 Å². The van der Waals surface area contributed by atoms with Crippen molar-refractivity contribution in [1.29, 1.82) is 0 Å². The number of unbranched alkanes of at least 4 members (excludes halogenated alkanes) is 32. The van der Waals surface area contributed by atoms with Crippen LogP contribution >= 0.6 is 15.6 Å². The minimum atomic E-state index is -4.95. The van der Waals surface area contributed by atoms with Crippen molar-refractivity contribution in [1.82, 2.24) is 0 Å². The Morgan fingerprint density at radius 3 is 0.789 bits per heavy atom. The van der Waals surface area contributed by atoms with Gasteiger partial charge in [0.15, 0.2) is 12.2 Å². The Balaban J connectivity index is 5.25. The van der Waals surface area contributed by atoms with Gasteiger partial charge in [0.05, 0.1) is 26.4 Å². The molecule has 0 aliphatic heterocycles. The van der Waals surface area contributed by atoms with E-state index in [1.807, 2.05) is 0 Å². The largest absolute Gasteiger partial charge is 0.472 e. The molecule has 0 rings (SSSR count). The summed E-state index contributed by atoms with van der Waals surface area (Å²) in [5.74, 6) is 0.886. The topological polar surface area (TPSA) is 237 Å². The third-order valence-corrected chi connectivity index (χ3v) is 18.9. The maximum absolute atomic E-state index is 13.0. The van der Waals surface area contributed by atoms with E-state index in [4.69, 9.17) is 37.0 Å². The molecule has 0 amide bonds. The summed E-state index contributed by atoms with van der Waals surface area (Å²) in [6.07, 6.45) is 43.1. The van der Waals surface area contributed by atoms with Crippen LogP contribution in [0.4, 0.5) is 0 Å². The summed E-state index contributed by atoms with van der Waals surface area (Å²) in [5.41, 5.74) is 0. The molecular formula is C71H138O17P2. The van der Waals surface area contributed by atoms with Gasteiger partial charge in [0.1, 0.15) is 19.3 Å². The molecule has 0 aromatic carbocycles. The highest BCUT2D eigenvalue weighted by atomic mass is 31.2. The minimum absolute atomic E-state index is 0.105. The zero-order valence-corrected chi connectivity index (χ0v) is 60.6. The Morgan fingerprint density at radius 2 is 0.533 bits per heavy atom. The van der Waals surface area contributed by atoms with Gasteiger partial charge in [-0.3, -0.25) is 37.3 Å². The second kappa shape index (κ2) is 60.7. The lowest BCUT2D eigenvalue weighted by atomic mass is 10.00. The van der Waals surface area contributed by atoms with E-state index < -0.39 is 97.5 Å². The van der Waals surface area contributed by atoms with Crippen LogP contribution in [0.5, 0.6) is 0 Å². The van der Waals surface area contributed by atoms with Crippen molar-refractivity contribution in [3.63, 3.8) is 0 Å². The molecule has 0 fully saturated rings. The molecule has 0 radical (unpaired) electrons. The molecule has 534 valence electrons. The first-order valence-corrected chi connectivity index (χ1v) is 39.8. The number of carbonyl (C=O) groups is 4. The van der Waals surface area contributed by atoms with Crippen molar-refractivity contribution < 1.29 is 80.2 Å². The van der Waals surface area contributed by atoms with Crippen LogP contribution in [0.2, 0.25) is 0 Å². The van der Waals surface area contributed by atoms with E-state index >= 15 is 0 Å². The molecule has 3 N–H and O–H groups in total. The molecule has 0 saturated carbocycles. The zero-order chi connectivity index (χ0) is 66.8. The van der Waals surface area contributed by atoms with Crippen molar-refractivity contribution in [3.05, 3.63) is 0 Å². The molecule has 0 aliphatic rings. The molecule has 19 heteroatoms. The van der Waals surface area contributed by atoms with E-state index in [9.17, 15) is 43.2 Å². The third kappa shape index (κ3) is 62.2. The van der Waals surface area contributed by atoms with E-state index in [0.717, 1.165) is 126 Å². The number of esters is 4. The molecule has 90 heavy (non-hydrogen) atoms. The molecule has 0 spiro atoms. The highest BCUT2D eigenvalue weighted by Crippen LogP contribution is 2.45. The van der Waals surface area contributed by atoms with Crippen molar-refractivity contribution in [2.75, 3.05) is 39.6 Å². The first-order chi connectivity index (χ1) is 43.2. The lowest BCUT2D eigenvalue weighted by molar-refractivity contribution is -0.161. The number of phosphoric ester groups is 2. The van der Waals surface area contributed by atoms with Crippen LogP contribution in [0.25, 0.3) is 0 Å². The van der Waals surface area contributed by atoms with Gasteiger partial charge < -0.3 is 33.8 Å². The molecule has 0 bridgehead atoms. The quantitative estimate of drug-likeness (QED) is 0.0222. The first-order valence-electron chi connectivity index (χ1n) is 36.8. The van der Waals surface area contributed by atoms with Crippen LogP contribution < -0.4 is 0 Å². The summed E-state index contributed by atoms with van der Waals surface area (Å²) in [6, 6.07) is 0. The Hall–Kier alpha value is -1.94. The number of aliphatic hydroxyl groups is 1. The second-order valence-electron chi connectivity index (χ2n) is 27.1. The third-order valence-electron chi connectivity index (χ3n) is 17.0. The van der Waals surface area contributed by atoms with Crippen LogP contribution in [0, 0.1) is 23.7 Å². The van der Waals surface area contributed by atoms with Crippen molar-refractivity contribution in [2.45, 2.75) is 369 Å². The van der Waals surface area contributed by atoms with Crippen LogP contribution in [0.3, 0.4) is 0 Å². The maximum atomic E-state index is 13.0. The molecule has 0 aromatic rings. The molecule has 0 aromatic heterocycles. The average molecular weight is 1330 g/mol. The summed E-state index contributed by atoms with van der Waals surface area (Å²) in [6.45, 7) is 14.1. The number of phosphoric acid groups is 2. The van der Waals surface area contributed by atoms with Gasteiger partial charge in [-0.05, 0) is 49.4 Å². The van der Waals surface area contributed by atoms with Crippen LogP contribution in [-0.2, 0) is 65.4 Å². The lowest BCUT2D eigenvalue weighted by Crippen LogP contribution is -2.30. The van der Waals surface area contributed by atoms with Gasteiger partial charge in [0.2, 0.25) is 0 Å². The highest BCUT2D eigenvalue weighted by Gasteiger charge is 2.30. The van der Waals surface area contributed by atoms with E-state index in [1.165, 1.54) is 141 Å². The Kier molecular flexibility index (Phi) is 59.4. The maximum Gasteiger partial charge on any atom is 0.472 e. The smallest absolute Gasteiger partial charge is 0.462 e. The molecular weight excluding hydrogens is 1190 g/mol. The summed E-state index contributed by atoms with van der Waals surface area (Å²) < 4.78 is 68.3. The monoisotopic (exact) mass is 1320 g/mol. The molecule has 6 atom stereocenters.